The molecule has 2 aliphatic rings. The van der Waals surface area contributed by atoms with Crippen LogP contribution in [0.5, 0.6) is 0 Å². The van der Waals surface area contributed by atoms with Gasteiger partial charge in [-0.3, -0.25) is 14.2 Å². The number of hydrogen-bond acceptors (Lipinski definition) is 4. The van der Waals surface area contributed by atoms with Gasteiger partial charge in [-0.25, -0.2) is 4.98 Å². The van der Waals surface area contributed by atoms with E-state index in [1.54, 1.807) is 0 Å². The summed E-state index contributed by atoms with van der Waals surface area (Å²) in [5, 5.41) is 0. The smallest absolute Gasteiger partial charge is 0.223 e. The summed E-state index contributed by atoms with van der Waals surface area (Å²) in [6.45, 7) is 7.00. The highest BCUT2D eigenvalue weighted by molar-refractivity contribution is 5.76. The van der Waals surface area contributed by atoms with Crippen LogP contribution in [0, 0.1) is 6.92 Å². The monoisotopic (exact) mass is 355 g/mol. The molecule has 0 aliphatic carbocycles. The number of rotatable bonds is 4. The number of hydrogen-bond donors (Lipinski definition) is 0. The Labute approximate surface area is 155 Å². The van der Waals surface area contributed by atoms with Gasteiger partial charge in [0.1, 0.15) is 5.82 Å². The Kier molecular flexibility index (Phi) is 5.20. The number of amides is 1. The lowest BCUT2D eigenvalue weighted by Crippen LogP contribution is -2.40. The molecule has 0 aromatic carbocycles. The van der Waals surface area contributed by atoms with E-state index < -0.39 is 0 Å². The fourth-order valence-electron chi connectivity index (χ4n) is 4.44. The van der Waals surface area contributed by atoms with Crippen LogP contribution in [0.15, 0.2) is 18.6 Å². The van der Waals surface area contributed by atoms with Crippen LogP contribution in [0.4, 0.5) is 0 Å². The second-order valence-corrected chi connectivity index (χ2v) is 7.71. The quantitative estimate of drug-likeness (QED) is 0.846. The summed E-state index contributed by atoms with van der Waals surface area (Å²) in [4.78, 5) is 25.9. The summed E-state index contributed by atoms with van der Waals surface area (Å²) in [5.74, 6) is 1.78. The Morgan fingerprint density at radius 1 is 1.08 bits per heavy atom. The molecule has 6 nitrogen and oxygen atoms in total. The van der Waals surface area contributed by atoms with E-state index in [1.165, 1.54) is 25.0 Å². The average molecular weight is 355 g/mol. The van der Waals surface area contributed by atoms with Crippen molar-refractivity contribution in [2.75, 3.05) is 32.7 Å². The van der Waals surface area contributed by atoms with Gasteiger partial charge in [0, 0.05) is 43.9 Å². The molecular weight excluding hydrogens is 326 g/mol. The van der Waals surface area contributed by atoms with E-state index in [2.05, 4.69) is 24.2 Å². The van der Waals surface area contributed by atoms with E-state index in [1.807, 2.05) is 25.5 Å². The van der Waals surface area contributed by atoms with Gasteiger partial charge in [-0.2, -0.15) is 0 Å². The van der Waals surface area contributed by atoms with E-state index in [4.69, 9.17) is 0 Å². The number of carbonyl (C=O) groups excluding carboxylic acids is 1. The Bertz CT molecular complexity index is 757. The number of fused-ring (bicyclic) bond motifs is 1. The Hall–Kier alpha value is -1.95. The van der Waals surface area contributed by atoms with Crippen molar-refractivity contribution in [1.29, 1.82) is 0 Å². The third-order valence-electron chi connectivity index (χ3n) is 5.99. The molecule has 2 saturated heterocycles. The van der Waals surface area contributed by atoms with Gasteiger partial charge in [-0.15, -0.1) is 0 Å². The van der Waals surface area contributed by atoms with Crippen LogP contribution in [-0.4, -0.2) is 62.8 Å². The molecule has 4 rings (SSSR count). The Morgan fingerprint density at radius 2 is 1.85 bits per heavy atom. The van der Waals surface area contributed by atoms with Crippen molar-refractivity contribution < 1.29 is 4.79 Å². The van der Waals surface area contributed by atoms with Crippen molar-refractivity contribution in [2.24, 2.45) is 0 Å². The minimum atomic E-state index is 0.323. The van der Waals surface area contributed by atoms with E-state index in [0.29, 0.717) is 18.2 Å². The number of piperidine rings is 2. The molecule has 2 aromatic rings. The first kappa shape index (κ1) is 17.5. The van der Waals surface area contributed by atoms with Crippen LogP contribution in [0.3, 0.4) is 0 Å². The van der Waals surface area contributed by atoms with Crippen LogP contribution in [-0.2, 0) is 4.79 Å². The number of carbonyl (C=O) groups is 1. The molecule has 4 heterocycles. The first-order valence-corrected chi connectivity index (χ1v) is 10.0. The minimum Gasteiger partial charge on any atom is -0.343 e. The van der Waals surface area contributed by atoms with E-state index in [-0.39, 0.29) is 0 Å². The largest absolute Gasteiger partial charge is 0.343 e. The van der Waals surface area contributed by atoms with Gasteiger partial charge in [-0.1, -0.05) is 6.42 Å². The average Bonchev–Trinajstić information content (AvgIpc) is 3.08. The third kappa shape index (κ3) is 3.61. The Morgan fingerprint density at radius 3 is 2.62 bits per heavy atom. The summed E-state index contributed by atoms with van der Waals surface area (Å²) in [5.41, 5.74) is 2.29. The van der Waals surface area contributed by atoms with Crippen LogP contribution in [0.25, 0.3) is 5.52 Å². The van der Waals surface area contributed by atoms with Gasteiger partial charge < -0.3 is 9.80 Å². The van der Waals surface area contributed by atoms with Crippen molar-refractivity contribution in [3.8, 4) is 0 Å². The van der Waals surface area contributed by atoms with Gasteiger partial charge in [0.05, 0.1) is 17.9 Å². The number of likely N-dealkylation sites (tertiary alicyclic amines) is 2. The maximum Gasteiger partial charge on any atom is 0.223 e. The maximum atomic E-state index is 12.6. The second kappa shape index (κ2) is 7.74. The molecule has 0 spiro atoms. The molecule has 0 N–H and O–H groups in total. The number of aryl methyl sites for hydroxylation is 1. The molecule has 2 fully saturated rings. The van der Waals surface area contributed by atoms with Crippen LogP contribution in [0.2, 0.25) is 0 Å². The van der Waals surface area contributed by atoms with Crippen molar-refractivity contribution in [2.45, 2.75) is 51.4 Å². The topological polar surface area (TPSA) is 53.7 Å². The highest BCUT2D eigenvalue weighted by Crippen LogP contribution is 2.29. The van der Waals surface area contributed by atoms with Crippen molar-refractivity contribution in [3.05, 3.63) is 30.1 Å². The van der Waals surface area contributed by atoms with Crippen LogP contribution in [0.1, 0.15) is 56.0 Å². The summed E-state index contributed by atoms with van der Waals surface area (Å²) < 4.78 is 2.21. The molecule has 0 bridgehead atoms. The summed E-state index contributed by atoms with van der Waals surface area (Å²) >= 11 is 0. The summed E-state index contributed by atoms with van der Waals surface area (Å²) in [7, 11) is 0. The normalized spacial score (nSPS) is 20.0. The van der Waals surface area contributed by atoms with E-state index >= 15 is 0 Å². The molecule has 0 radical (unpaired) electrons. The predicted molar refractivity (Wildman–Crippen MR) is 101 cm³/mol. The molecule has 6 heteroatoms. The Balaban J connectivity index is 1.33. The summed E-state index contributed by atoms with van der Waals surface area (Å²) in [6.07, 6.45) is 12.3. The molecule has 0 atom stereocenters. The molecule has 2 aromatic heterocycles. The van der Waals surface area contributed by atoms with Gasteiger partial charge >= 0.3 is 0 Å². The molecule has 2 aliphatic heterocycles. The minimum absolute atomic E-state index is 0.323. The molecular formula is C20H29N5O. The second-order valence-electron chi connectivity index (χ2n) is 7.71. The summed E-state index contributed by atoms with van der Waals surface area (Å²) in [6, 6.07) is 0. The van der Waals surface area contributed by atoms with E-state index in [9.17, 15) is 4.79 Å². The molecule has 0 unspecified atom stereocenters. The van der Waals surface area contributed by atoms with Crippen molar-refractivity contribution in [3.63, 3.8) is 0 Å². The van der Waals surface area contributed by atoms with Gasteiger partial charge in [0.25, 0.3) is 0 Å². The lowest BCUT2D eigenvalue weighted by atomic mass is 9.93. The first-order chi connectivity index (χ1) is 12.7. The molecule has 1 amide bonds. The SMILES string of the molecule is Cc1ncc2cncc(C3CCN(C(=O)CCN4CCCCC4)CC3)n12. The zero-order valence-corrected chi connectivity index (χ0v) is 15.7. The maximum absolute atomic E-state index is 12.6. The number of nitrogens with zero attached hydrogens (tertiary/aromatic N) is 5. The van der Waals surface area contributed by atoms with Crippen LogP contribution >= 0.6 is 0 Å². The molecule has 0 saturated carbocycles. The van der Waals surface area contributed by atoms with Crippen LogP contribution < -0.4 is 0 Å². The lowest BCUT2D eigenvalue weighted by Gasteiger charge is -2.33. The predicted octanol–water partition coefficient (Wildman–Crippen LogP) is 2.62. The number of aromatic nitrogens is 3. The zero-order chi connectivity index (χ0) is 17.9. The van der Waals surface area contributed by atoms with Crippen molar-refractivity contribution >= 4 is 11.4 Å². The molecule has 26 heavy (non-hydrogen) atoms. The standard InChI is InChI=1S/C20H29N5O/c1-16-22-14-18-13-21-15-19(25(16)18)17-5-11-24(12-6-17)20(26)7-10-23-8-3-2-4-9-23/h13-15,17H,2-12H2,1H3. The van der Waals surface area contributed by atoms with Gasteiger partial charge in [0.2, 0.25) is 5.91 Å². The molecule has 140 valence electrons. The number of imidazole rings is 1. The van der Waals surface area contributed by atoms with Gasteiger partial charge in [0.15, 0.2) is 0 Å². The fraction of sp³-hybridized carbons (Fsp3) is 0.650. The van der Waals surface area contributed by atoms with E-state index in [0.717, 1.165) is 56.9 Å². The van der Waals surface area contributed by atoms with Gasteiger partial charge in [-0.05, 0) is 45.7 Å². The first-order valence-electron chi connectivity index (χ1n) is 10.0. The zero-order valence-electron chi connectivity index (χ0n) is 15.7. The highest BCUT2D eigenvalue weighted by Gasteiger charge is 2.26. The lowest BCUT2D eigenvalue weighted by molar-refractivity contribution is -0.132. The highest BCUT2D eigenvalue weighted by atomic mass is 16.2. The fourth-order valence-corrected chi connectivity index (χ4v) is 4.44. The van der Waals surface area contributed by atoms with Crippen molar-refractivity contribution in [1.82, 2.24) is 24.2 Å². The third-order valence-corrected chi connectivity index (χ3v) is 5.99.